The molecule has 0 saturated carbocycles. The molecule has 0 fully saturated rings. The third-order valence-corrected chi connectivity index (χ3v) is 9.86. The van der Waals surface area contributed by atoms with Crippen LogP contribution in [-0.2, 0) is 0 Å². The maximum absolute atomic E-state index is 2.40. The van der Waals surface area contributed by atoms with Gasteiger partial charge in [0.1, 0.15) is 0 Å². The van der Waals surface area contributed by atoms with Gasteiger partial charge in [-0.2, -0.15) is 0 Å². The second-order valence-corrected chi connectivity index (χ2v) is 11.5. The first-order valence-corrected chi connectivity index (χ1v) is 14.1. The molecule has 0 saturated heterocycles. The zero-order valence-corrected chi connectivity index (χ0v) is 21.5. The maximum atomic E-state index is 2.40. The Kier molecular flexibility index (Phi) is 3.22. The predicted molar refractivity (Wildman–Crippen MR) is 172 cm³/mol. The summed E-state index contributed by atoms with van der Waals surface area (Å²) in [4.78, 5) is 0. The average Bonchev–Trinajstić information content (AvgIpc) is 3.54. The van der Waals surface area contributed by atoms with Crippen molar-refractivity contribution in [2.75, 3.05) is 0 Å². The molecule has 180 valence electrons. The summed E-state index contributed by atoms with van der Waals surface area (Å²) in [5.41, 5.74) is 11.0. The van der Waals surface area contributed by atoms with Gasteiger partial charge in [0.2, 0.25) is 0 Å². The van der Waals surface area contributed by atoms with Crippen molar-refractivity contribution in [3.05, 3.63) is 121 Å². The first-order valence-electron chi connectivity index (χ1n) is 14.1. The molecule has 9 aromatic rings. The quantitative estimate of drug-likeness (QED) is 0.143. The average molecular weight is 501 g/mol. The van der Waals surface area contributed by atoms with Crippen LogP contribution in [0.1, 0.15) is 0 Å². The van der Waals surface area contributed by atoms with Gasteiger partial charge in [-0.1, -0.05) is 121 Å². The Morgan fingerprint density at radius 1 is 0.200 bits per heavy atom. The Balaban J connectivity index is 1.55. The van der Waals surface area contributed by atoms with Crippen LogP contribution < -0.4 is 0 Å². The summed E-state index contributed by atoms with van der Waals surface area (Å²) in [5.74, 6) is 0. The molecular formula is C40H20. The highest BCUT2D eigenvalue weighted by Gasteiger charge is 2.31. The van der Waals surface area contributed by atoms with E-state index in [1.54, 1.807) is 0 Å². The molecule has 0 bridgehead atoms. The van der Waals surface area contributed by atoms with E-state index in [0.29, 0.717) is 0 Å². The topological polar surface area (TPSA) is 0 Å². The summed E-state index contributed by atoms with van der Waals surface area (Å²) in [6.45, 7) is 0. The van der Waals surface area contributed by atoms with Gasteiger partial charge in [-0.3, -0.25) is 0 Å². The Bertz CT molecular complexity index is 2450. The Morgan fingerprint density at radius 3 is 0.975 bits per heavy atom. The van der Waals surface area contributed by atoms with Crippen molar-refractivity contribution >= 4 is 64.6 Å². The van der Waals surface area contributed by atoms with E-state index >= 15 is 0 Å². The molecule has 0 aliphatic heterocycles. The fourth-order valence-corrected chi connectivity index (χ4v) is 8.47. The minimum Gasteiger partial charge on any atom is -0.0616 e. The van der Waals surface area contributed by atoms with E-state index < -0.39 is 0 Å². The Labute approximate surface area is 230 Å². The van der Waals surface area contributed by atoms with Crippen LogP contribution in [0.4, 0.5) is 0 Å². The van der Waals surface area contributed by atoms with Gasteiger partial charge in [0.05, 0.1) is 0 Å². The zero-order chi connectivity index (χ0) is 25.7. The lowest BCUT2D eigenvalue weighted by Crippen LogP contribution is -1.92. The minimum atomic E-state index is 1.35. The van der Waals surface area contributed by atoms with Gasteiger partial charge in [0, 0.05) is 0 Å². The van der Waals surface area contributed by atoms with Gasteiger partial charge in [-0.25, -0.2) is 0 Å². The number of benzene rings is 9. The molecule has 0 spiro atoms. The summed E-state index contributed by atoms with van der Waals surface area (Å²) in [7, 11) is 0. The standard InChI is InChI=1S/C40H20/c1-3-11-23-21(9-1)29-17-19-31-32-20-18-30-22-10-2-4-12-24(22)34-26-14-6-8-16-28(26)38(40(32)36(30)34)37-27-15-7-5-13-25(27)33(23)35(29)39(31)37/h1-20H. The molecule has 0 amide bonds. The van der Waals surface area contributed by atoms with Gasteiger partial charge in [0.15, 0.2) is 0 Å². The molecule has 0 N–H and O–H groups in total. The van der Waals surface area contributed by atoms with Gasteiger partial charge in [-0.15, -0.1) is 0 Å². The summed E-state index contributed by atoms with van der Waals surface area (Å²) < 4.78 is 0. The summed E-state index contributed by atoms with van der Waals surface area (Å²) in [5, 5.41) is 16.6. The molecule has 0 nitrogen and oxygen atoms in total. The van der Waals surface area contributed by atoms with Crippen molar-refractivity contribution in [1.82, 2.24) is 0 Å². The van der Waals surface area contributed by atoms with Crippen LogP contribution in [0.5, 0.6) is 0 Å². The van der Waals surface area contributed by atoms with Crippen LogP contribution in [0.25, 0.3) is 109 Å². The van der Waals surface area contributed by atoms with E-state index in [0.717, 1.165) is 0 Å². The van der Waals surface area contributed by atoms with Crippen molar-refractivity contribution < 1.29 is 0 Å². The second-order valence-electron chi connectivity index (χ2n) is 11.5. The van der Waals surface area contributed by atoms with Crippen molar-refractivity contribution in [3.63, 3.8) is 0 Å². The third-order valence-electron chi connectivity index (χ3n) is 9.86. The Morgan fingerprint density at radius 2 is 0.525 bits per heavy atom. The van der Waals surface area contributed by atoms with Gasteiger partial charge < -0.3 is 0 Å². The van der Waals surface area contributed by atoms with Gasteiger partial charge in [-0.05, 0) is 109 Å². The molecule has 0 heteroatoms. The Hall–Kier alpha value is -5.20. The van der Waals surface area contributed by atoms with Crippen molar-refractivity contribution in [1.29, 1.82) is 0 Å². The van der Waals surface area contributed by atoms with Crippen molar-refractivity contribution in [2.45, 2.75) is 0 Å². The van der Waals surface area contributed by atoms with E-state index in [1.807, 2.05) is 0 Å². The molecule has 0 aromatic heterocycles. The summed E-state index contributed by atoms with van der Waals surface area (Å²) >= 11 is 0. The monoisotopic (exact) mass is 500 g/mol. The first kappa shape index (κ1) is 19.8. The lowest BCUT2D eigenvalue weighted by Gasteiger charge is -2.21. The van der Waals surface area contributed by atoms with E-state index in [4.69, 9.17) is 0 Å². The highest BCUT2D eigenvalue weighted by atomic mass is 14.3. The van der Waals surface area contributed by atoms with Crippen LogP contribution in [0.3, 0.4) is 0 Å². The molecule has 2 aliphatic carbocycles. The number of fused-ring (bicyclic) bond motifs is 14. The van der Waals surface area contributed by atoms with E-state index in [9.17, 15) is 0 Å². The number of rotatable bonds is 0. The maximum Gasteiger partial charge on any atom is -0.000718 e. The molecule has 0 unspecified atom stereocenters. The fourth-order valence-electron chi connectivity index (χ4n) is 8.47. The lowest BCUT2D eigenvalue weighted by molar-refractivity contribution is 1.70. The highest BCUT2D eigenvalue weighted by Crippen LogP contribution is 2.59. The highest BCUT2D eigenvalue weighted by molar-refractivity contribution is 6.49. The third kappa shape index (κ3) is 2.00. The second kappa shape index (κ2) is 6.50. The summed E-state index contributed by atoms with van der Waals surface area (Å²) in [6.07, 6.45) is 0. The molecule has 40 heavy (non-hydrogen) atoms. The van der Waals surface area contributed by atoms with Crippen LogP contribution in [-0.4, -0.2) is 0 Å². The summed E-state index contributed by atoms with van der Waals surface area (Å²) in [6, 6.07) is 45.8. The van der Waals surface area contributed by atoms with Gasteiger partial charge in [0.25, 0.3) is 0 Å². The van der Waals surface area contributed by atoms with Crippen LogP contribution in [0.15, 0.2) is 121 Å². The van der Waals surface area contributed by atoms with Crippen LogP contribution in [0, 0.1) is 0 Å². The lowest BCUT2D eigenvalue weighted by atomic mass is 9.81. The molecular weight excluding hydrogens is 480 g/mol. The SMILES string of the molecule is c1ccc2c(c1)-c1ccc3c4ccc5c6c(c7ccccc7c(c64)c4c6ccccc6c-2c1c34)-c1ccccc1-5. The number of hydrogen-bond acceptors (Lipinski definition) is 0. The first-order chi connectivity index (χ1) is 19.9. The zero-order valence-electron chi connectivity index (χ0n) is 21.5. The normalized spacial score (nSPS) is 13.0. The molecule has 11 rings (SSSR count). The van der Waals surface area contributed by atoms with Crippen LogP contribution in [0.2, 0.25) is 0 Å². The molecule has 9 aromatic carbocycles. The van der Waals surface area contributed by atoms with Gasteiger partial charge >= 0.3 is 0 Å². The van der Waals surface area contributed by atoms with E-state index in [2.05, 4.69) is 121 Å². The predicted octanol–water partition coefficient (Wildman–Crippen LogP) is 11.3. The molecule has 0 heterocycles. The molecule has 0 atom stereocenters. The van der Waals surface area contributed by atoms with Crippen molar-refractivity contribution in [2.24, 2.45) is 0 Å². The fraction of sp³-hybridized carbons (Fsp3) is 0. The minimum absolute atomic E-state index is 1.35. The van der Waals surface area contributed by atoms with E-state index in [1.165, 1.54) is 109 Å². The molecule has 2 aliphatic rings. The molecule has 0 radical (unpaired) electrons. The largest absolute Gasteiger partial charge is 0.0616 e. The number of hydrogen-bond donors (Lipinski definition) is 0. The smallest absolute Gasteiger partial charge is 0.000718 e. The van der Waals surface area contributed by atoms with Crippen molar-refractivity contribution in [3.8, 4) is 44.5 Å². The van der Waals surface area contributed by atoms with E-state index in [-0.39, 0.29) is 0 Å². The van der Waals surface area contributed by atoms with Crippen LogP contribution >= 0.6 is 0 Å².